The van der Waals surface area contributed by atoms with Crippen molar-refractivity contribution in [3.05, 3.63) is 0 Å². The molecule has 4 unspecified atom stereocenters. The van der Waals surface area contributed by atoms with E-state index in [0.717, 1.165) is 70.8 Å². The van der Waals surface area contributed by atoms with Crippen LogP contribution in [-0.4, -0.2) is 50.6 Å². The second-order valence-electron chi connectivity index (χ2n) is 11.3. The third kappa shape index (κ3) is 12.4. The molecule has 6 heteroatoms. The fourth-order valence-corrected chi connectivity index (χ4v) is 5.92. The molecule has 2 aliphatic heterocycles. The van der Waals surface area contributed by atoms with E-state index >= 15 is 0 Å². The second-order valence-corrected chi connectivity index (χ2v) is 11.3. The van der Waals surface area contributed by atoms with Gasteiger partial charge in [0.15, 0.2) is 0 Å². The summed E-state index contributed by atoms with van der Waals surface area (Å²) in [5, 5.41) is 0. The predicted octanol–water partition coefficient (Wildman–Crippen LogP) is 6.92. The highest BCUT2D eigenvalue weighted by molar-refractivity contribution is 5.73. The minimum absolute atomic E-state index is 0.00269. The van der Waals surface area contributed by atoms with E-state index in [1.54, 1.807) is 0 Å². The Labute approximate surface area is 219 Å². The topological polar surface area (TPSA) is 74.4 Å². The first-order valence-electron chi connectivity index (χ1n) is 15.3. The van der Waals surface area contributed by atoms with Crippen molar-refractivity contribution in [1.29, 1.82) is 0 Å². The summed E-state index contributed by atoms with van der Waals surface area (Å²) >= 11 is 0. The van der Waals surface area contributed by atoms with E-state index in [1.807, 2.05) is 0 Å². The molecule has 0 N–H and O–H groups in total. The molecule has 208 valence electrons. The number of hydrogen-bond acceptors (Lipinski definition) is 6. The summed E-state index contributed by atoms with van der Waals surface area (Å²) in [6.45, 7) is 1.99. The largest absolute Gasteiger partial charge is 0.465 e. The SMILES string of the molecule is O=C1COC(C2CCCCC2C(=O)OCCCCCCCCCC2CO2)CCCCCCCCCO1. The van der Waals surface area contributed by atoms with Gasteiger partial charge in [-0.3, -0.25) is 4.79 Å². The predicted molar refractivity (Wildman–Crippen MR) is 141 cm³/mol. The number of hydrogen-bond donors (Lipinski definition) is 0. The number of carbonyl (C=O) groups is 2. The van der Waals surface area contributed by atoms with Crippen LogP contribution >= 0.6 is 0 Å². The minimum atomic E-state index is -0.274. The summed E-state index contributed by atoms with van der Waals surface area (Å²) in [7, 11) is 0. The first-order chi connectivity index (χ1) is 17.7. The minimum Gasteiger partial charge on any atom is -0.465 e. The van der Waals surface area contributed by atoms with Crippen LogP contribution in [0.5, 0.6) is 0 Å². The van der Waals surface area contributed by atoms with Crippen molar-refractivity contribution in [3.63, 3.8) is 0 Å². The molecule has 0 spiro atoms. The van der Waals surface area contributed by atoms with Crippen LogP contribution in [0.15, 0.2) is 0 Å². The molecule has 3 rings (SSSR count). The second kappa shape index (κ2) is 18.2. The Bertz CT molecular complexity index is 604. The van der Waals surface area contributed by atoms with Gasteiger partial charge < -0.3 is 18.9 Å². The van der Waals surface area contributed by atoms with E-state index in [1.165, 1.54) is 64.2 Å². The van der Waals surface area contributed by atoms with Crippen LogP contribution in [0.1, 0.15) is 128 Å². The highest BCUT2D eigenvalue weighted by Crippen LogP contribution is 2.36. The molecule has 0 aromatic rings. The molecule has 3 fully saturated rings. The molecule has 0 aromatic heterocycles. The zero-order chi connectivity index (χ0) is 25.3. The molecule has 4 atom stereocenters. The van der Waals surface area contributed by atoms with Gasteiger partial charge in [0.25, 0.3) is 0 Å². The van der Waals surface area contributed by atoms with Crippen LogP contribution in [0.4, 0.5) is 0 Å². The number of carbonyl (C=O) groups excluding carboxylic acids is 2. The summed E-state index contributed by atoms with van der Waals surface area (Å²) in [6.07, 6.45) is 23.2. The zero-order valence-electron chi connectivity index (χ0n) is 22.7. The number of ether oxygens (including phenoxy) is 4. The van der Waals surface area contributed by atoms with E-state index in [4.69, 9.17) is 18.9 Å². The first kappa shape index (κ1) is 29.4. The van der Waals surface area contributed by atoms with Crippen molar-refractivity contribution >= 4 is 11.9 Å². The van der Waals surface area contributed by atoms with Gasteiger partial charge in [-0.05, 0) is 44.4 Å². The highest BCUT2D eigenvalue weighted by atomic mass is 16.6. The van der Waals surface area contributed by atoms with Gasteiger partial charge in [-0.2, -0.15) is 0 Å². The molecule has 2 heterocycles. The van der Waals surface area contributed by atoms with Crippen LogP contribution in [0.2, 0.25) is 0 Å². The molecule has 1 saturated carbocycles. The summed E-state index contributed by atoms with van der Waals surface area (Å²) in [5.41, 5.74) is 0. The molecule has 0 aromatic carbocycles. The normalized spacial score (nSPS) is 28.6. The Kier molecular flexibility index (Phi) is 14.8. The average molecular weight is 509 g/mol. The van der Waals surface area contributed by atoms with Crippen LogP contribution < -0.4 is 0 Å². The van der Waals surface area contributed by atoms with Crippen molar-refractivity contribution in [1.82, 2.24) is 0 Å². The average Bonchev–Trinajstić information content (AvgIpc) is 3.72. The number of cyclic esters (lactones) is 1. The summed E-state index contributed by atoms with van der Waals surface area (Å²) in [4.78, 5) is 25.2. The van der Waals surface area contributed by atoms with Crippen molar-refractivity contribution in [3.8, 4) is 0 Å². The van der Waals surface area contributed by atoms with Crippen LogP contribution in [0.25, 0.3) is 0 Å². The van der Waals surface area contributed by atoms with Crippen LogP contribution in [0.3, 0.4) is 0 Å². The van der Waals surface area contributed by atoms with Gasteiger partial charge in [0.1, 0.15) is 6.61 Å². The standard InChI is InChI=1S/C30H52O6/c31-29-24-36-28(20-12-8-4-2-5-9-15-21-33-29)26-18-13-14-19-27(26)30(32)34-22-16-10-6-1-3-7-11-17-25-23-35-25/h25-28H,1-24H2. The molecule has 6 nitrogen and oxygen atoms in total. The molecule has 3 aliphatic rings. The Morgan fingerprint density at radius 2 is 1.39 bits per heavy atom. The van der Waals surface area contributed by atoms with Crippen molar-refractivity contribution in [2.75, 3.05) is 26.4 Å². The van der Waals surface area contributed by atoms with Crippen LogP contribution in [-0.2, 0) is 28.5 Å². The van der Waals surface area contributed by atoms with Gasteiger partial charge >= 0.3 is 11.9 Å². The fourth-order valence-electron chi connectivity index (χ4n) is 5.92. The van der Waals surface area contributed by atoms with E-state index in [0.29, 0.717) is 19.3 Å². The molecule has 0 bridgehead atoms. The Hall–Kier alpha value is -1.14. The lowest BCUT2D eigenvalue weighted by atomic mass is 9.75. The number of rotatable bonds is 12. The number of unbranched alkanes of at least 4 members (excludes halogenated alkanes) is 6. The quantitative estimate of drug-likeness (QED) is 0.162. The van der Waals surface area contributed by atoms with E-state index < -0.39 is 0 Å². The Balaban J connectivity index is 1.36. The molecule has 36 heavy (non-hydrogen) atoms. The molecular weight excluding hydrogens is 456 g/mol. The Morgan fingerprint density at radius 3 is 2.17 bits per heavy atom. The summed E-state index contributed by atoms with van der Waals surface area (Å²) in [5.74, 6) is -0.279. The van der Waals surface area contributed by atoms with Gasteiger partial charge in [0.05, 0.1) is 37.9 Å². The summed E-state index contributed by atoms with van der Waals surface area (Å²) < 4.78 is 22.5. The lowest BCUT2D eigenvalue weighted by molar-refractivity contribution is -0.159. The zero-order valence-corrected chi connectivity index (χ0v) is 22.7. The van der Waals surface area contributed by atoms with Crippen molar-refractivity contribution in [2.24, 2.45) is 11.8 Å². The molecule has 0 amide bonds. The first-order valence-corrected chi connectivity index (χ1v) is 15.3. The maximum atomic E-state index is 13.1. The van der Waals surface area contributed by atoms with Crippen LogP contribution in [0, 0.1) is 11.8 Å². The van der Waals surface area contributed by atoms with Gasteiger partial charge in [0, 0.05) is 0 Å². The van der Waals surface area contributed by atoms with Gasteiger partial charge in [-0.25, -0.2) is 4.79 Å². The smallest absolute Gasteiger partial charge is 0.332 e. The fraction of sp³-hybridized carbons (Fsp3) is 0.933. The molecular formula is C30H52O6. The lowest BCUT2D eigenvalue weighted by Gasteiger charge is -2.35. The number of esters is 2. The molecule has 1 aliphatic carbocycles. The summed E-state index contributed by atoms with van der Waals surface area (Å²) in [6, 6.07) is 0. The highest BCUT2D eigenvalue weighted by Gasteiger charge is 2.37. The molecule has 2 saturated heterocycles. The van der Waals surface area contributed by atoms with E-state index in [2.05, 4.69) is 0 Å². The van der Waals surface area contributed by atoms with Gasteiger partial charge in [-0.15, -0.1) is 0 Å². The van der Waals surface area contributed by atoms with Gasteiger partial charge in [0.2, 0.25) is 0 Å². The van der Waals surface area contributed by atoms with Gasteiger partial charge in [-0.1, -0.05) is 89.9 Å². The maximum Gasteiger partial charge on any atom is 0.332 e. The van der Waals surface area contributed by atoms with Crippen molar-refractivity contribution in [2.45, 2.75) is 141 Å². The maximum absolute atomic E-state index is 13.1. The third-order valence-corrected chi connectivity index (χ3v) is 8.23. The van der Waals surface area contributed by atoms with E-state index in [9.17, 15) is 9.59 Å². The monoisotopic (exact) mass is 508 g/mol. The van der Waals surface area contributed by atoms with E-state index in [-0.39, 0.29) is 36.5 Å². The lowest BCUT2D eigenvalue weighted by Crippen LogP contribution is -2.39. The number of epoxide rings is 1. The molecule has 0 radical (unpaired) electrons. The Morgan fingerprint density at radius 1 is 0.750 bits per heavy atom. The third-order valence-electron chi connectivity index (χ3n) is 8.23. The van der Waals surface area contributed by atoms with Crippen molar-refractivity contribution < 1.29 is 28.5 Å².